The van der Waals surface area contributed by atoms with Gasteiger partial charge in [-0.05, 0) is 56.7 Å². The van der Waals surface area contributed by atoms with Crippen LogP contribution in [0.15, 0.2) is 36.5 Å². The van der Waals surface area contributed by atoms with E-state index >= 15 is 0 Å². The Morgan fingerprint density at radius 1 is 1.07 bits per heavy atom. The molecule has 1 saturated carbocycles. The van der Waals surface area contributed by atoms with Crippen molar-refractivity contribution in [2.75, 3.05) is 20.8 Å². The van der Waals surface area contributed by atoms with Gasteiger partial charge in [-0.15, -0.1) is 0 Å². The highest BCUT2D eigenvalue weighted by Crippen LogP contribution is 2.51. The molecule has 2 aliphatic rings. The molecule has 2 heterocycles. The van der Waals surface area contributed by atoms with E-state index in [-0.39, 0.29) is 42.4 Å². The second kappa shape index (κ2) is 14.7. The minimum absolute atomic E-state index is 0.00948. The van der Waals surface area contributed by atoms with Gasteiger partial charge in [0, 0.05) is 30.7 Å². The summed E-state index contributed by atoms with van der Waals surface area (Å²) in [7, 11) is 2.86. The van der Waals surface area contributed by atoms with Crippen LogP contribution in [0.4, 0.5) is 13.2 Å². The Labute approximate surface area is 269 Å². The first-order chi connectivity index (χ1) is 21.8. The van der Waals surface area contributed by atoms with Crippen molar-refractivity contribution < 1.29 is 41.7 Å². The summed E-state index contributed by atoms with van der Waals surface area (Å²) < 4.78 is 64.7. The van der Waals surface area contributed by atoms with Crippen LogP contribution in [0.2, 0.25) is 0 Å². The first kappa shape index (κ1) is 35.7. The number of pyridine rings is 1. The Kier molecular flexibility index (Phi) is 11.4. The molecule has 0 N–H and O–H groups in total. The molecule has 2 aromatic rings. The van der Waals surface area contributed by atoms with Crippen molar-refractivity contribution in [3.63, 3.8) is 0 Å². The lowest BCUT2D eigenvalue weighted by atomic mass is 9.79. The SMILES string of the molecule is CCOC(=O)[C@@H]1[C@@H](C(C)(C)OC)[C@H](OCc2cc(C(F)(F)F)cnc2OC)[C@H](c2ccccc2C(C)C)N1C(=O)C1CCCCC1. The van der Waals surface area contributed by atoms with Gasteiger partial charge in [0.25, 0.3) is 0 Å². The average Bonchev–Trinajstić information content (AvgIpc) is 3.39. The zero-order valence-electron chi connectivity index (χ0n) is 27.9. The Balaban J connectivity index is 1.94. The third-order valence-corrected chi connectivity index (χ3v) is 9.48. The third kappa shape index (κ3) is 7.35. The standard InChI is InChI=1S/C35H47F3N2O6/c1-8-45-33(42)29-27(34(4,5)44-7)30(46-20-23-18-24(35(36,37)38)19-39-31(23)43-6)28(26-17-13-12-16-25(26)21(2)3)40(29)32(41)22-14-10-9-11-15-22/h12-13,16-19,21-22,27-30H,8-11,14-15,20H2,1-7H3/t27-,28+,29+,30+/m1/s1. The lowest BCUT2D eigenvalue weighted by molar-refractivity contribution is -0.161. The molecule has 1 aromatic carbocycles. The topological polar surface area (TPSA) is 87.2 Å². The van der Waals surface area contributed by atoms with Crippen LogP contribution in [0.25, 0.3) is 0 Å². The number of hydrogen-bond acceptors (Lipinski definition) is 7. The molecule has 11 heteroatoms. The predicted octanol–water partition coefficient (Wildman–Crippen LogP) is 7.25. The van der Waals surface area contributed by atoms with Crippen LogP contribution in [-0.4, -0.2) is 60.3 Å². The Hall–Kier alpha value is -3.18. The number of carbonyl (C=O) groups excluding carboxylic acids is 2. The van der Waals surface area contributed by atoms with E-state index in [0.717, 1.165) is 42.7 Å². The summed E-state index contributed by atoms with van der Waals surface area (Å²) in [6, 6.07) is 6.88. The van der Waals surface area contributed by atoms with Gasteiger partial charge in [0.05, 0.1) is 43.6 Å². The second-order valence-corrected chi connectivity index (χ2v) is 13.0. The molecule has 1 amide bonds. The van der Waals surface area contributed by atoms with Crippen molar-refractivity contribution >= 4 is 11.9 Å². The lowest BCUT2D eigenvalue weighted by Gasteiger charge is -2.37. The maximum absolute atomic E-state index is 14.7. The molecular weight excluding hydrogens is 601 g/mol. The highest BCUT2D eigenvalue weighted by Gasteiger charge is 2.61. The van der Waals surface area contributed by atoms with Crippen LogP contribution < -0.4 is 4.74 Å². The van der Waals surface area contributed by atoms with Gasteiger partial charge in [0.2, 0.25) is 11.8 Å². The van der Waals surface area contributed by atoms with Crippen molar-refractivity contribution in [3.05, 3.63) is 58.8 Å². The minimum Gasteiger partial charge on any atom is -0.481 e. The molecule has 1 saturated heterocycles. The van der Waals surface area contributed by atoms with Crippen LogP contribution in [-0.2, 0) is 36.6 Å². The fourth-order valence-electron chi connectivity index (χ4n) is 7.07. The van der Waals surface area contributed by atoms with E-state index in [1.54, 1.807) is 11.8 Å². The van der Waals surface area contributed by atoms with Gasteiger partial charge < -0.3 is 23.8 Å². The van der Waals surface area contributed by atoms with Gasteiger partial charge in [0.15, 0.2) is 0 Å². The quantitative estimate of drug-likeness (QED) is 0.237. The molecule has 8 nitrogen and oxygen atoms in total. The second-order valence-electron chi connectivity index (χ2n) is 13.0. The molecular formula is C35H47F3N2O6. The number of benzene rings is 1. The van der Waals surface area contributed by atoms with E-state index in [2.05, 4.69) is 18.8 Å². The fourth-order valence-corrected chi connectivity index (χ4v) is 7.07. The molecule has 1 aliphatic heterocycles. The molecule has 1 aliphatic carbocycles. The van der Waals surface area contributed by atoms with Gasteiger partial charge in [-0.3, -0.25) is 4.79 Å². The monoisotopic (exact) mass is 648 g/mol. The van der Waals surface area contributed by atoms with Crippen molar-refractivity contribution in [1.29, 1.82) is 0 Å². The lowest BCUT2D eigenvalue weighted by Crippen LogP contribution is -2.52. The van der Waals surface area contributed by atoms with Crippen molar-refractivity contribution in [2.45, 2.75) is 109 Å². The van der Waals surface area contributed by atoms with Crippen LogP contribution in [0.1, 0.15) is 101 Å². The van der Waals surface area contributed by atoms with Crippen LogP contribution in [0.5, 0.6) is 5.88 Å². The Morgan fingerprint density at radius 3 is 2.33 bits per heavy atom. The largest absolute Gasteiger partial charge is 0.481 e. The zero-order valence-corrected chi connectivity index (χ0v) is 27.9. The van der Waals surface area contributed by atoms with Crippen molar-refractivity contribution in [2.24, 2.45) is 11.8 Å². The van der Waals surface area contributed by atoms with Crippen molar-refractivity contribution in [1.82, 2.24) is 9.88 Å². The van der Waals surface area contributed by atoms with E-state index in [1.165, 1.54) is 14.2 Å². The minimum atomic E-state index is -4.63. The third-order valence-electron chi connectivity index (χ3n) is 9.48. The molecule has 1 aromatic heterocycles. The van der Waals surface area contributed by atoms with Crippen molar-refractivity contribution in [3.8, 4) is 5.88 Å². The number of rotatable bonds is 11. The number of hydrogen-bond donors (Lipinski definition) is 0. The smallest absolute Gasteiger partial charge is 0.417 e. The summed E-state index contributed by atoms with van der Waals surface area (Å²) in [5, 5.41) is 0. The van der Waals surface area contributed by atoms with E-state index in [1.807, 2.05) is 38.1 Å². The first-order valence-electron chi connectivity index (χ1n) is 16.1. The molecule has 0 radical (unpaired) electrons. The molecule has 46 heavy (non-hydrogen) atoms. The maximum Gasteiger partial charge on any atom is 0.417 e. The summed E-state index contributed by atoms with van der Waals surface area (Å²) in [4.78, 5) is 34.2. The molecule has 4 rings (SSSR count). The predicted molar refractivity (Wildman–Crippen MR) is 166 cm³/mol. The Bertz CT molecular complexity index is 1360. The first-order valence-corrected chi connectivity index (χ1v) is 16.1. The molecule has 0 spiro atoms. The number of amides is 1. The highest BCUT2D eigenvalue weighted by molar-refractivity contribution is 5.88. The number of esters is 1. The molecule has 0 bridgehead atoms. The number of aromatic nitrogens is 1. The number of alkyl halides is 3. The molecule has 0 unspecified atom stereocenters. The Morgan fingerprint density at radius 2 is 1.74 bits per heavy atom. The van der Waals surface area contributed by atoms with Crippen LogP contribution >= 0.6 is 0 Å². The van der Waals surface area contributed by atoms with Crippen LogP contribution in [0, 0.1) is 11.8 Å². The summed E-state index contributed by atoms with van der Waals surface area (Å²) in [5.41, 5.74) is -0.0896. The van der Waals surface area contributed by atoms with Gasteiger partial charge in [0.1, 0.15) is 6.04 Å². The molecule has 2 fully saturated rings. The molecule has 4 atom stereocenters. The van der Waals surface area contributed by atoms with E-state index in [9.17, 15) is 22.8 Å². The number of ether oxygens (including phenoxy) is 4. The average molecular weight is 649 g/mol. The summed E-state index contributed by atoms with van der Waals surface area (Å²) in [6.07, 6.45) is -0.496. The number of carbonyl (C=O) groups is 2. The highest BCUT2D eigenvalue weighted by atomic mass is 19.4. The number of likely N-dealkylation sites (tertiary alicyclic amines) is 1. The van der Waals surface area contributed by atoms with E-state index in [0.29, 0.717) is 12.8 Å². The van der Waals surface area contributed by atoms with Gasteiger partial charge >= 0.3 is 12.1 Å². The van der Waals surface area contributed by atoms with Gasteiger partial charge in [-0.1, -0.05) is 57.4 Å². The number of halogens is 3. The van der Waals surface area contributed by atoms with E-state index < -0.39 is 47.4 Å². The normalized spacial score (nSPS) is 22.7. The maximum atomic E-state index is 14.7. The van der Waals surface area contributed by atoms with E-state index in [4.69, 9.17) is 18.9 Å². The molecule has 254 valence electrons. The fraction of sp³-hybridized carbons (Fsp3) is 0.629. The van der Waals surface area contributed by atoms with Crippen LogP contribution in [0.3, 0.4) is 0 Å². The summed E-state index contributed by atoms with van der Waals surface area (Å²) in [5.74, 6) is -1.70. The van der Waals surface area contributed by atoms with Gasteiger partial charge in [-0.2, -0.15) is 13.2 Å². The summed E-state index contributed by atoms with van der Waals surface area (Å²) >= 11 is 0. The number of nitrogens with zero attached hydrogens (tertiary/aromatic N) is 2. The number of methoxy groups -OCH3 is 2. The van der Waals surface area contributed by atoms with Gasteiger partial charge in [-0.25, -0.2) is 9.78 Å². The zero-order chi connectivity index (χ0) is 33.8. The summed E-state index contributed by atoms with van der Waals surface area (Å²) in [6.45, 7) is 9.25.